The van der Waals surface area contributed by atoms with Gasteiger partial charge in [-0.15, -0.1) is 0 Å². The van der Waals surface area contributed by atoms with Gasteiger partial charge in [-0.3, -0.25) is 4.79 Å². The smallest absolute Gasteiger partial charge is 0.217 e. The van der Waals surface area contributed by atoms with Gasteiger partial charge in [0.05, 0.1) is 0 Å². The number of aromatic hydroxyl groups is 1. The summed E-state index contributed by atoms with van der Waals surface area (Å²) < 4.78 is 0. The van der Waals surface area contributed by atoms with Gasteiger partial charge in [-0.2, -0.15) is 0 Å². The maximum Gasteiger partial charge on any atom is 0.217 e. The van der Waals surface area contributed by atoms with Crippen molar-refractivity contribution in [1.29, 1.82) is 0 Å². The molecular formula is C14H15NO2. The maximum atomic E-state index is 10.8. The molecule has 0 saturated carbocycles. The number of benzene rings is 2. The van der Waals surface area contributed by atoms with Gasteiger partial charge in [-0.25, -0.2) is 0 Å². The Morgan fingerprint density at radius 2 is 1.94 bits per heavy atom. The molecule has 0 aliphatic carbocycles. The lowest BCUT2D eigenvalue weighted by Crippen LogP contribution is -2.11. The van der Waals surface area contributed by atoms with Crippen LogP contribution >= 0.6 is 0 Å². The fourth-order valence-electron chi connectivity index (χ4n) is 2.05. The van der Waals surface area contributed by atoms with Crippen LogP contribution in [0.4, 0.5) is 0 Å². The first kappa shape index (κ1) is 11.5. The summed E-state index contributed by atoms with van der Waals surface area (Å²) in [6, 6.07) is 9.56. The minimum atomic E-state index is -0.306. The number of nitrogens with two attached hydrogens (primary N) is 1. The molecule has 0 aliphatic heterocycles. The van der Waals surface area contributed by atoms with E-state index in [1.807, 2.05) is 37.3 Å². The van der Waals surface area contributed by atoms with Gasteiger partial charge >= 0.3 is 0 Å². The predicted molar refractivity (Wildman–Crippen MR) is 67.9 cm³/mol. The number of fused-ring (bicyclic) bond motifs is 1. The van der Waals surface area contributed by atoms with Gasteiger partial charge in [0.2, 0.25) is 5.91 Å². The Kier molecular flexibility index (Phi) is 3.00. The quantitative estimate of drug-likeness (QED) is 0.848. The summed E-state index contributed by atoms with van der Waals surface area (Å²) in [4.78, 5) is 10.8. The Labute approximate surface area is 99.9 Å². The van der Waals surface area contributed by atoms with Gasteiger partial charge < -0.3 is 10.8 Å². The van der Waals surface area contributed by atoms with Crippen molar-refractivity contribution in [1.82, 2.24) is 0 Å². The molecule has 2 aromatic rings. The highest BCUT2D eigenvalue weighted by Gasteiger charge is 2.08. The summed E-state index contributed by atoms with van der Waals surface area (Å²) in [6.07, 6.45) is 0.936. The highest BCUT2D eigenvalue weighted by molar-refractivity contribution is 5.92. The third kappa shape index (κ3) is 2.23. The standard InChI is InChI=1S/C14H15NO2/c1-9-8-10(6-7-13(15)16)11-4-2-3-5-12(11)14(9)17/h2-5,8,17H,6-7H2,1H3,(H2,15,16). The molecule has 3 heteroatoms. The van der Waals surface area contributed by atoms with Crippen LogP contribution in [0.1, 0.15) is 17.5 Å². The molecule has 0 unspecified atom stereocenters. The van der Waals surface area contributed by atoms with E-state index in [1.54, 1.807) is 0 Å². The van der Waals surface area contributed by atoms with Crippen LogP contribution in [0, 0.1) is 6.92 Å². The number of phenols is 1. The molecule has 0 fully saturated rings. The van der Waals surface area contributed by atoms with Crippen LogP contribution in [0.3, 0.4) is 0 Å². The predicted octanol–water partition coefficient (Wildman–Crippen LogP) is 2.27. The third-order valence-electron chi connectivity index (χ3n) is 2.93. The number of carbonyl (C=O) groups is 1. The number of amides is 1. The largest absolute Gasteiger partial charge is 0.507 e. The highest BCUT2D eigenvalue weighted by atomic mass is 16.3. The van der Waals surface area contributed by atoms with Crippen LogP contribution in [-0.4, -0.2) is 11.0 Å². The lowest BCUT2D eigenvalue weighted by atomic mass is 9.97. The first-order chi connectivity index (χ1) is 8.09. The molecule has 17 heavy (non-hydrogen) atoms. The van der Waals surface area contributed by atoms with Crippen LogP contribution in [-0.2, 0) is 11.2 Å². The molecule has 0 aliphatic rings. The Balaban J connectivity index is 2.55. The average molecular weight is 229 g/mol. The molecule has 0 saturated heterocycles. The Bertz CT molecular complexity index is 576. The summed E-state index contributed by atoms with van der Waals surface area (Å²) in [7, 11) is 0. The Morgan fingerprint density at radius 3 is 2.59 bits per heavy atom. The van der Waals surface area contributed by atoms with Crippen LogP contribution in [0.2, 0.25) is 0 Å². The van der Waals surface area contributed by atoms with E-state index in [0.29, 0.717) is 18.6 Å². The van der Waals surface area contributed by atoms with Crippen LogP contribution in [0.25, 0.3) is 10.8 Å². The summed E-state index contributed by atoms with van der Waals surface area (Å²) in [5.74, 6) is 0.00299. The zero-order chi connectivity index (χ0) is 12.4. The lowest BCUT2D eigenvalue weighted by Gasteiger charge is -2.10. The van der Waals surface area contributed by atoms with Crippen molar-refractivity contribution >= 4 is 16.7 Å². The second-order valence-corrected chi connectivity index (χ2v) is 4.21. The van der Waals surface area contributed by atoms with Gasteiger partial charge in [-0.05, 0) is 29.9 Å². The number of hydrogen-bond donors (Lipinski definition) is 2. The second kappa shape index (κ2) is 4.45. The van der Waals surface area contributed by atoms with Crippen molar-refractivity contribution in [2.45, 2.75) is 19.8 Å². The van der Waals surface area contributed by atoms with Gasteiger partial charge in [-0.1, -0.05) is 30.3 Å². The zero-order valence-electron chi connectivity index (χ0n) is 9.73. The fraction of sp³-hybridized carbons (Fsp3) is 0.214. The maximum absolute atomic E-state index is 10.8. The molecule has 0 radical (unpaired) electrons. The Hall–Kier alpha value is -2.03. The second-order valence-electron chi connectivity index (χ2n) is 4.21. The van der Waals surface area contributed by atoms with Gasteiger partial charge in [0.15, 0.2) is 0 Å². The monoisotopic (exact) mass is 229 g/mol. The number of rotatable bonds is 3. The van der Waals surface area contributed by atoms with Gasteiger partial charge in [0, 0.05) is 11.8 Å². The highest BCUT2D eigenvalue weighted by Crippen LogP contribution is 2.31. The van der Waals surface area contributed by atoms with E-state index in [-0.39, 0.29) is 5.91 Å². The van der Waals surface area contributed by atoms with Crippen molar-refractivity contribution in [2.24, 2.45) is 5.73 Å². The summed E-state index contributed by atoms with van der Waals surface area (Å²) in [5.41, 5.74) is 7.04. The Morgan fingerprint density at radius 1 is 1.29 bits per heavy atom. The molecule has 2 rings (SSSR count). The third-order valence-corrected chi connectivity index (χ3v) is 2.93. The number of carbonyl (C=O) groups excluding carboxylic acids is 1. The average Bonchev–Trinajstić information content (AvgIpc) is 2.32. The van der Waals surface area contributed by atoms with Gasteiger partial charge in [0.25, 0.3) is 0 Å². The van der Waals surface area contributed by atoms with Crippen molar-refractivity contribution < 1.29 is 9.90 Å². The van der Waals surface area contributed by atoms with E-state index in [1.165, 1.54) is 0 Å². The number of aryl methyl sites for hydroxylation is 2. The molecule has 0 spiro atoms. The van der Waals surface area contributed by atoms with Crippen molar-refractivity contribution in [2.75, 3.05) is 0 Å². The molecule has 0 bridgehead atoms. The molecule has 1 amide bonds. The number of hydrogen-bond acceptors (Lipinski definition) is 2. The van der Waals surface area contributed by atoms with E-state index >= 15 is 0 Å². The molecule has 0 heterocycles. The lowest BCUT2D eigenvalue weighted by molar-refractivity contribution is -0.117. The molecule has 3 nitrogen and oxygen atoms in total. The van der Waals surface area contributed by atoms with Crippen molar-refractivity contribution in [3.05, 3.63) is 41.5 Å². The van der Waals surface area contributed by atoms with E-state index < -0.39 is 0 Å². The van der Waals surface area contributed by atoms with E-state index in [2.05, 4.69) is 0 Å². The SMILES string of the molecule is Cc1cc(CCC(N)=O)c2ccccc2c1O. The minimum Gasteiger partial charge on any atom is -0.507 e. The molecule has 2 aromatic carbocycles. The first-order valence-electron chi connectivity index (χ1n) is 5.58. The molecule has 88 valence electrons. The topological polar surface area (TPSA) is 63.3 Å². The summed E-state index contributed by atoms with van der Waals surface area (Å²) in [5, 5.41) is 11.8. The van der Waals surface area contributed by atoms with E-state index in [9.17, 15) is 9.90 Å². The molecular weight excluding hydrogens is 214 g/mol. The first-order valence-corrected chi connectivity index (χ1v) is 5.58. The van der Waals surface area contributed by atoms with Crippen LogP contribution in [0.15, 0.2) is 30.3 Å². The van der Waals surface area contributed by atoms with Crippen molar-refractivity contribution in [3.63, 3.8) is 0 Å². The molecule has 3 N–H and O–H groups in total. The zero-order valence-corrected chi connectivity index (χ0v) is 9.73. The van der Waals surface area contributed by atoms with Crippen LogP contribution < -0.4 is 5.73 Å². The number of primary amides is 1. The number of phenolic OH excluding ortho intramolecular Hbond substituents is 1. The minimum absolute atomic E-state index is 0.306. The van der Waals surface area contributed by atoms with Crippen molar-refractivity contribution in [3.8, 4) is 5.75 Å². The normalized spacial score (nSPS) is 10.6. The van der Waals surface area contributed by atoms with E-state index in [4.69, 9.17) is 5.73 Å². The van der Waals surface area contributed by atoms with Crippen LogP contribution in [0.5, 0.6) is 5.75 Å². The molecule has 0 atom stereocenters. The summed E-state index contributed by atoms with van der Waals surface area (Å²) >= 11 is 0. The fourth-order valence-corrected chi connectivity index (χ4v) is 2.05. The molecule has 0 aromatic heterocycles. The van der Waals surface area contributed by atoms with Gasteiger partial charge in [0.1, 0.15) is 5.75 Å². The van der Waals surface area contributed by atoms with E-state index in [0.717, 1.165) is 21.9 Å². The summed E-state index contributed by atoms with van der Waals surface area (Å²) in [6.45, 7) is 1.86.